The van der Waals surface area contributed by atoms with E-state index in [1.54, 1.807) is 6.92 Å². The van der Waals surface area contributed by atoms with Gasteiger partial charge in [0.1, 0.15) is 0 Å². The molecule has 0 aliphatic heterocycles. The average Bonchev–Trinajstić information content (AvgIpc) is 2.45. The van der Waals surface area contributed by atoms with E-state index in [9.17, 15) is 0 Å². The molecule has 0 aliphatic rings. The van der Waals surface area contributed by atoms with Crippen molar-refractivity contribution in [2.45, 2.75) is 27.3 Å². The summed E-state index contributed by atoms with van der Waals surface area (Å²) in [7, 11) is 0. The predicted octanol–water partition coefficient (Wildman–Crippen LogP) is 1.43. The van der Waals surface area contributed by atoms with E-state index in [-0.39, 0.29) is 0 Å². The molecule has 1 N–H and O–H groups in total. The van der Waals surface area contributed by atoms with E-state index in [2.05, 4.69) is 35.4 Å². The van der Waals surface area contributed by atoms with Crippen LogP contribution in [-0.2, 0) is 6.54 Å². The normalized spacial score (nSPS) is 10.1. The molecule has 1 heterocycles. The van der Waals surface area contributed by atoms with Crippen LogP contribution >= 0.6 is 0 Å². The predicted molar refractivity (Wildman–Crippen MR) is 50.2 cm³/mol. The van der Waals surface area contributed by atoms with Crippen LogP contribution in [0.5, 0.6) is 0 Å². The van der Waals surface area contributed by atoms with Crippen LogP contribution in [0.25, 0.3) is 0 Å². The summed E-state index contributed by atoms with van der Waals surface area (Å²) in [6.07, 6.45) is 2.12. The minimum Gasteiger partial charge on any atom is -0.340 e. The van der Waals surface area contributed by atoms with Crippen LogP contribution in [0.2, 0.25) is 0 Å². The molecule has 0 aromatic carbocycles. The molecule has 0 atom stereocenters. The molecule has 4 nitrogen and oxygen atoms in total. The summed E-state index contributed by atoms with van der Waals surface area (Å²) in [5, 5.41) is 6.95. The first-order valence-electron chi connectivity index (χ1n) is 4.32. The highest BCUT2D eigenvalue weighted by Crippen LogP contribution is 1.93. The molecule has 0 fully saturated rings. The maximum Gasteiger partial charge on any atom is 0.223 e. The third kappa shape index (κ3) is 3.85. The fourth-order valence-corrected chi connectivity index (χ4v) is 0.873. The Morgan fingerprint density at radius 1 is 1.54 bits per heavy atom. The van der Waals surface area contributed by atoms with E-state index < -0.39 is 0 Å². The molecule has 0 amide bonds. The van der Waals surface area contributed by atoms with Crippen molar-refractivity contribution in [3.8, 4) is 0 Å². The second-order valence-corrected chi connectivity index (χ2v) is 3.14. The van der Waals surface area contributed by atoms with Crippen LogP contribution in [0.3, 0.4) is 0 Å². The Kier molecular flexibility index (Phi) is 3.64. The van der Waals surface area contributed by atoms with Gasteiger partial charge in [-0.05, 0) is 13.8 Å². The number of nitrogens with one attached hydrogen (secondary N) is 1. The van der Waals surface area contributed by atoms with Gasteiger partial charge in [-0.1, -0.05) is 16.8 Å². The second kappa shape index (κ2) is 4.77. The van der Waals surface area contributed by atoms with Crippen molar-refractivity contribution in [1.29, 1.82) is 0 Å². The maximum absolute atomic E-state index is 4.83. The molecule has 0 bridgehead atoms. The van der Waals surface area contributed by atoms with Crippen molar-refractivity contribution < 1.29 is 4.52 Å². The van der Waals surface area contributed by atoms with Gasteiger partial charge in [0.2, 0.25) is 5.89 Å². The summed E-state index contributed by atoms with van der Waals surface area (Å²) in [5.41, 5.74) is 1.30. The van der Waals surface area contributed by atoms with E-state index in [0.29, 0.717) is 18.3 Å². The summed E-state index contributed by atoms with van der Waals surface area (Å²) < 4.78 is 4.83. The first-order chi connectivity index (χ1) is 6.18. The number of allylic oxidation sites excluding steroid dienone is 1. The average molecular weight is 181 g/mol. The Bertz CT molecular complexity index is 287. The zero-order chi connectivity index (χ0) is 9.68. The van der Waals surface area contributed by atoms with Crippen LogP contribution in [-0.4, -0.2) is 16.7 Å². The van der Waals surface area contributed by atoms with Gasteiger partial charge >= 0.3 is 0 Å². The second-order valence-electron chi connectivity index (χ2n) is 3.14. The van der Waals surface area contributed by atoms with Crippen molar-refractivity contribution in [1.82, 2.24) is 15.5 Å². The molecule has 72 valence electrons. The molecule has 0 aliphatic carbocycles. The lowest BCUT2D eigenvalue weighted by atomic mass is 10.3. The lowest BCUT2D eigenvalue weighted by Gasteiger charge is -1.95. The number of hydrogen-bond donors (Lipinski definition) is 1. The standard InChI is InChI=1S/C9H15N3O/c1-7(2)4-5-10-6-9-11-8(3)13-12-9/h4,10H,5-6H2,1-3H3. The van der Waals surface area contributed by atoms with Crippen LogP contribution in [0, 0.1) is 6.92 Å². The van der Waals surface area contributed by atoms with Crippen molar-refractivity contribution in [2.24, 2.45) is 0 Å². The summed E-state index contributed by atoms with van der Waals surface area (Å²) in [5.74, 6) is 1.32. The first-order valence-corrected chi connectivity index (χ1v) is 4.32. The lowest BCUT2D eigenvalue weighted by molar-refractivity contribution is 0.386. The number of aryl methyl sites for hydroxylation is 1. The van der Waals surface area contributed by atoms with Gasteiger partial charge in [-0.15, -0.1) is 0 Å². The van der Waals surface area contributed by atoms with Gasteiger partial charge in [-0.25, -0.2) is 0 Å². The molecule has 0 unspecified atom stereocenters. The quantitative estimate of drug-likeness (QED) is 0.564. The Balaban J connectivity index is 2.24. The van der Waals surface area contributed by atoms with Crippen molar-refractivity contribution in [3.05, 3.63) is 23.4 Å². The van der Waals surface area contributed by atoms with Gasteiger partial charge in [0.25, 0.3) is 0 Å². The van der Waals surface area contributed by atoms with E-state index >= 15 is 0 Å². The first kappa shape index (κ1) is 9.92. The molecule has 13 heavy (non-hydrogen) atoms. The number of hydrogen-bond acceptors (Lipinski definition) is 4. The highest BCUT2D eigenvalue weighted by Gasteiger charge is 1.99. The van der Waals surface area contributed by atoms with E-state index in [0.717, 1.165) is 6.54 Å². The monoisotopic (exact) mass is 181 g/mol. The molecule has 0 radical (unpaired) electrons. The molecule has 1 rings (SSSR count). The van der Waals surface area contributed by atoms with Crippen LogP contribution in [0.4, 0.5) is 0 Å². The topological polar surface area (TPSA) is 51.0 Å². The zero-order valence-corrected chi connectivity index (χ0v) is 8.29. The van der Waals surface area contributed by atoms with Crippen molar-refractivity contribution in [3.63, 3.8) is 0 Å². The summed E-state index contributed by atoms with van der Waals surface area (Å²) in [6.45, 7) is 7.42. The number of aromatic nitrogens is 2. The highest BCUT2D eigenvalue weighted by atomic mass is 16.5. The van der Waals surface area contributed by atoms with Crippen molar-refractivity contribution in [2.75, 3.05) is 6.54 Å². The smallest absolute Gasteiger partial charge is 0.223 e. The van der Waals surface area contributed by atoms with Crippen LogP contribution < -0.4 is 5.32 Å². The molecule has 0 saturated heterocycles. The maximum atomic E-state index is 4.83. The lowest BCUT2D eigenvalue weighted by Crippen LogP contribution is -2.14. The number of rotatable bonds is 4. The van der Waals surface area contributed by atoms with Gasteiger partial charge < -0.3 is 9.84 Å². The van der Waals surface area contributed by atoms with Crippen LogP contribution in [0.15, 0.2) is 16.2 Å². The van der Waals surface area contributed by atoms with Crippen molar-refractivity contribution >= 4 is 0 Å². The zero-order valence-electron chi connectivity index (χ0n) is 8.29. The van der Waals surface area contributed by atoms with Crippen LogP contribution in [0.1, 0.15) is 25.6 Å². The van der Waals surface area contributed by atoms with Gasteiger partial charge in [-0.3, -0.25) is 0 Å². The Labute approximate surface area is 78.0 Å². The fraction of sp³-hybridized carbons (Fsp3) is 0.556. The summed E-state index contributed by atoms with van der Waals surface area (Å²) in [4.78, 5) is 4.07. The minimum atomic E-state index is 0.610. The van der Waals surface area contributed by atoms with Gasteiger partial charge in [0.15, 0.2) is 5.82 Å². The van der Waals surface area contributed by atoms with E-state index in [1.807, 2.05) is 0 Å². The summed E-state index contributed by atoms with van der Waals surface area (Å²) in [6, 6.07) is 0. The molecule has 1 aromatic heterocycles. The molecule has 0 spiro atoms. The molecule has 4 heteroatoms. The summed E-state index contributed by atoms with van der Waals surface area (Å²) >= 11 is 0. The largest absolute Gasteiger partial charge is 0.340 e. The van der Waals surface area contributed by atoms with Gasteiger partial charge in [0.05, 0.1) is 6.54 Å². The van der Waals surface area contributed by atoms with E-state index in [4.69, 9.17) is 4.52 Å². The SMILES string of the molecule is CC(C)=CCNCc1noc(C)n1. The third-order valence-electron chi connectivity index (χ3n) is 1.51. The highest BCUT2D eigenvalue weighted by molar-refractivity contribution is 4.94. The minimum absolute atomic E-state index is 0.610. The van der Waals surface area contributed by atoms with Gasteiger partial charge in [0, 0.05) is 13.5 Å². The van der Waals surface area contributed by atoms with E-state index in [1.165, 1.54) is 5.57 Å². The molecule has 0 saturated carbocycles. The molecular formula is C9H15N3O. The number of nitrogens with zero attached hydrogens (tertiary/aromatic N) is 2. The fourth-order valence-electron chi connectivity index (χ4n) is 0.873. The Morgan fingerprint density at radius 2 is 2.31 bits per heavy atom. The third-order valence-corrected chi connectivity index (χ3v) is 1.51. The Hall–Kier alpha value is -1.16. The molecular weight excluding hydrogens is 166 g/mol. The van der Waals surface area contributed by atoms with Gasteiger partial charge in [-0.2, -0.15) is 4.98 Å². The Morgan fingerprint density at radius 3 is 2.85 bits per heavy atom. The molecule has 1 aromatic rings.